The number of hydrogen-bond donors (Lipinski definition) is 1. The highest BCUT2D eigenvalue weighted by molar-refractivity contribution is 6.28. The Morgan fingerprint density at radius 1 is 1.25 bits per heavy atom. The number of urea groups is 1. The standard InChI is InChI=1S/C11H17ClN2O2/c12-7-10(15)13-11(16)14-6-2-4-8-3-1-5-9(8)14/h8-9H,1-7H2,(H,13,15,16). The fraction of sp³-hybridized carbons (Fsp3) is 0.818. The number of alkyl halides is 1. The number of imide groups is 1. The van der Waals surface area contributed by atoms with Crippen molar-refractivity contribution in [2.24, 2.45) is 5.92 Å². The molecular formula is C11H17ClN2O2. The fourth-order valence-electron chi connectivity index (χ4n) is 2.93. The summed E-state index contributed by atoms with van der Waals surface area (Å²) in [5.41, 5.74) is 0. The van der Waals surface area contributed by atoms with Gasteiger partial charge in [0.25, 0.3) is 0 Å². The Morgan fingerprint density at radius 3 is 2.75 bits per heavy atom. The molecule has 1 heterocycles. The van der Waals surface area contributed by atoms with E-state index in [0.717, 1.165) is 19.4 Å². The Kier molecular flexibility index (Phi) is 3.69. The number of amides is 3. The first-order valence-electron chi connectivity index (χ1n) is 5.89. The SMILES string of the molecule is O=C(CCl)NC(=O)N1CCCC2CCCC21. The molecule has 1 saturated carbocycles. The first-order chi connectivity index (χ1) is 7.72. The monoisotopic (exact) mass is 244 g/mol. The molecule has 2 atom stereocenters. The van der Waals surface area contributed by atoms with E-state index in [0.29, 0.717) is 12.0 Å². The third-order valence-electron chi connectivity index (χ3n) is 3.62. The number of likely N-dealkylation sites (tertiary alicyclic amines) is 1. The van der Waals surface area contributed by atoms with Crippen molar-refractivity contribution in [2.45, 2.75) is 38.1 Å². The molecule has 16 heavy (non-hydrogen) atoms. The van der Waals surface area contributed by atoms with E-state index < -0.39 is 5.91 Å². The lowest BCUT2D eigenvalue weighted by Gasteiger charge is -2.37. The van der Waals surface area contributed by atoms with Gasteiger partial charge in [0.15, 0.2) is 0 Å². The molecule has 4 nitrogen and oxygen atoms in total. The van der Waals surface area contributed by atoms with Crippen molar-refractivity contribution in [1.82, 2.24) is 10.2 Å². The Hall–Kier alpha value is -0.770. The Morgan fingerprint density at radius 2 is 2.00 bits per heavy atom. The molecule has 2 unspecified atom stereocenters. The number of carbonyl (C=O) groups excluding carboxylic acids is 2. The van der Waals surface area contributed by atoms with E-state index in [2.05, 4.69) is 5.32 Å². The topological polar surface area (TPSA) is 49.4 Å². The van der Waals surface area contributed by atoms with E-state index in [9.17, 15) is 9.59 Å². The fourth-order valence-corrected chi connectivity index (χ4v) is 3.00. The molecule has 0 aromatic rings. The van der Waals surface area contributed by atoms with E-state index >= 15 is 0 Å². The third kappa shape index (κ3) is 2.32. The zero-order valence-electron chi connectivity index (χ0n) is 9.25. The molecule has 1 saturated heterocycles. The number of rotatable bonds is 1. The number of fused-ring (bicyclic) bond motifs is 1. The van der Waals surface area contributed by atoms with Crippen LogP contribution in [0.25, 0.3) is 0 Å². The molecule has 2 aliphatic rings. The lowest BCUT2D eigenvalue weighted by atomic mass is 9.92. The van der Waals surface area contributed by atoms with Crippen LogP contribution in [0, 0.1) is 5.92 Å². The number of nitrogens with one attached hydrogen (secondary N) is 1. The lowest BCUT2D eigenvalue weighted by Crippen LogP contribution is -2.52. The van der Waals surface area contributed by atoms with Gasteiger partial charge in [0.1, 0.15) is 5.88 Å². The molecule has 1 aliphatic carbocycles. The minimum atomic E-state index is -0.410. The smallest absolute Gasteiger partial charge is 0.321 e. The molecule has 0 spiro atoms. The summed E-state index contributed by atoms with van der Waals surface area (Å²) in [6.07, 6.45) is 5.76. The molecular weight excluding hydrogens is 228 g/mol. The molecule has 1 N–H and O–H groups in total. The number of hydrogen-bond acceptors (Lipinski definition) is 2. The van der Waals surface area contributed by atoms with Gasteiger partial charge >= 0.3 is 6.03 Å². The van der Waals surface area contributed by atoms with Crippen LogP contribution in [-0.2, 0) is 4.79 Å². The van der Waals surface area contributed by atoms with Crippen molar-refractivity contribution in [3.05, 3.63) is 0 Å². The highest BCUT2D eigenvalue weighted by atomic mass is 35.5. The van der Waals surface area contributed by atoms with Crippen LogP contribution in [0.15, 0.2) is 0 Å². The van der Waals surface area contributed by atoms with Crippen molar-refractivity contribution >= 4 is 23.5 Å². The third-order valence-corrected chi connectivity index (χ3v) is 3.86. The molecule has 90 valence electrons. The van der Waals surface area contributed by atoms with Crippen molar-refractivity contribution in [3.63, 3.8) is 0 Å². The average molecular weight is 245 g/mol. The Balaban J connectivity index is 1.96. The predicted molar refractivity (Wildman–Crippen MR) is 61.3 cm³/mol. The van der Waals surface area contributed by atoms with E-state index in [1.54, 1.807) is 0 Å². The van der Waals surface area contributed by atoms with Gasteiger partial charge in [-0.15, -0.1) is 11.6 Å². The maximum absolute atomic E-state index is 11.8. The van der Waals surface area contributed by atoms with Crippen LogP contribution < -0.4 is 5.32 Å². The van der Waals surface area contributed by atoms with Gasteiger partial charge in [-0.05, 0) is 31.6 Å². The minimum Gasteiger partial charge on any atom is -0.321 e. The Labute approximate surface area is 100 Å². The number of piperidine rings is 1. The summed E-state index contributed by atoms with van der Waals surface area (Å²) in [6, 6.07) is 0.0825. The van der Waals surface area contributed by atoms with Crippen molar-refractivity contribution < 1.29 is 9.59 Å². The van der Waals surface area contributed by atoms with Crippen LogP contribution in [0.2, 0.25) is 0 Å². The van der Waals surface area contributed by atoms with Crippen molar-refractivity contribution in [1.29, 1.82) is 0 Å². The number of carbonyl (C=O) groups is 2. The molecule has 2 rings (SSSR count). The molecule has 0 bridgehead atoms. The van der Waals surface area contributed by atoms with E-state index in [-0.39, 0.29) is 11.9 Å². The summed E-state index contributed by atoms with van der Waals surface area (Å²) in [4.78, 5) is 24.7. The molecule has 5 heteroatoms. The molecule has 1 aliphatic heterocycles. The van der Waals surface area contributed by atoms with E-state index in [1.165, 1.54) is 19.3 Å². The molecule has 0 aromatic carbocycles. The maximum atomic E-state index is 11.8. The normalized spacial score (nSPS) is 28.7. The van der Waals surface area contributed by atoms with Gasteiger partial charge in [-0.25, -0.2) is 4.79 Å². The average Bonchev–Trinajstić information content (AvgIpc) is 2.76. The van der Waals surface area contributed by atoms with Crippen molar-refractivity contribution in [2.75, 3.05) is 12.4 Å². The first kappa shape index (κ1) is 11.7. The van der Waals surface area contributed by atoms with Crippen molar-refractivity contribution in [3.8, 4) is 0 Å². The number of halogens is 1. The Bertz CT molecular complexity index is 296. The largest absolute Gasteiger partial charge is 0.324 e. The molecule has 2 fully saturated rings. The molecule has 0 radical (unpaired) electrons. The summed E-state index contributed by atoms with van der Waals surface area (Å²) in [7, 11) is 0. The van der Waals surface area contributed by atoms with Gasteiger partial charge in [0.2, 0.25) is 5.91 Å². The molecule has 3 amide bonds. The second-order valence-corrected chi connectivity index (χ2v) is 4.85. The van der Waals surface area contributed by atoms with Crippen LogP contribution in [-0.4, -0.2) is 35.3 Å². The molecule has 0 aromatic heterocycles. The zero-order valence-corrected chi connectivity index (χ0v) is 10.0. The van der Waals surface area contributed by atoms with E-state index in [1.807, 2.05) is 4.90 Å². The summed E-state index contributed by atoms with van der Waals surface area (Å²) in [6.45, 7) is 0.766. The summed E-state index contributed by atoms with van der Waals surface area (Å²) in [5, 5.41) is 2.33. The maximum Gasteiger partial charge on any atom is 0.324 e. The summed E-state index contributed by atoms with van der Waals surface area (Å²) < 4.78 is 0. The van der Waals surface area contributed by atoms with Gasteiger partial charge in [0.05, 0.1) is 0 Å². The van der Waals surface area contributed by atoms with Gasteiger partial charge in [-0.2, -0.15) is 0 Å². The second-order valence-electron chi connectivity index (χ2n) is 4.58. The van der Waals surface area contributed by atoms with Crippen LogP contribution in [0.4, 0.5) is 4.79 Å². The van der Waals surface area contributed by atoms with Crippen LogP contribution in [0.5, 0.6) is 0 Å². The lowest BCUT2D eigenvalue weighted by molar-refractivity contribution is -0.117. The minimum absolute atomic E-state index is 0.159. The number of nitrogens with zero attached hydrogens (tertiary/aromatic N) is 1. The first-order valence-corrected chi connectivity index (χ1v) is 6.42. The van der Waals surface area contributed by atoms with Gasteiger partial charge in [0, 0.05) is 12.6 Å². The summed E-state index contributed by atoms with van der Waals surface area (Å²) >= 11 is 5.36. The van der Waals surface area contributed by atoms with Crippen LogP contribution in [0.3, 0.4) is 0 Å². The summed E-state index contributed by atoms with van der Waals surface area (Å²) in [5.74, 6) is 0.0746. The van der Waals surface area contributed by atoms with Crippen LogP contribution in [0.1, 0.15) is 32.1 Å². The highest BCUT2D eigenvalue weighted by Crippen LogP contribution is 2.36. The van der Waals surface area contributed by atoms with Gasteiger partial charge in [-0.1, -0.05) is 6.42 Å². The van der Waals surface area contributed by atoms with E-state index in [4.69, 9.17) is 11.6 Å². The zero-order chi connectivity index (χ0) is 11.5. The second kappa shape index (κ2) is 5.04. The predicted octanol–water partition coefficient (Wildman–Crippen LogP) is 1.73. The van der Waals surface area contributed by atoms with Gasteiger partial charge < -0.3 is 4.90 Å². The van der Waals surface area contributed by atoms with Crippen LogP contribution >= 0.6 is 11.6 Å². The highest BCUT2D eigenvalue weighted by Gasteiger charge is 2.37. The van der Waals surface area contributed by atoms with Gasteiger partial charge in [-0.3, -0.25) is 10.1 Å². The quantitative estimate of drug-likeness (QED) is 0.714.